The Morgan fingerprint density at radius 3 is 2.74 bits per heavy atom. The fourth-order valence-electron chi connectivity index (χ4n) is 2.13. The Kier molecular flexibility index (Phi) is 4.46. The Morgan fingerprint density at radius 1 is 1.09 bits per heavy atom. The fourth-order valence-corrected chi connectivity index (χ4v) is 2.13. The molecule has 2 N–H and O–H groups in total. The lowest BCUT2D eigenvalue weighted by molar-refractivity contribution is 0.425. The van der Waals surface area contributed by atoms with Gasteiger partial charge in [-0.15, -0.1) is 0 Å². The van der Waals surface area contributed by atoms with E-state index >= 15 is 0 Å². The summed E-state index contributed by atoms with van der Waals surface area (Å²) in [4.78, 5) is 12.6. The van der Waals surface area contributed by atoms with Crippen LogP contribution in [0.25, 0.3) is 11.5 Å². The third-order valence-electron chi connectivity index (χ3n) is 3.30. The SMILES string of the molecule is Cc1noc(-c2ccnc(NCCNc3ccncc3C)c2)n1. The summed E-state index contributed by atoms with van der Waals surface area (Å²) in [6.07, 6.45) is 5.34. The molecule has 0 saturated carbocycles. The van der Waals surface area contributed by atoms with Gasteiger partial charge in [0.1, 0.15) is 5.82 Å². The van der Waals surface area contributed by atoms with Crippen LogP contribution in [0.5, 0.6) is 0 Å². The highest BCUT2D eigenvalue weighted by molar-refractivity contribution is 5.58. The lowest BCUT2D eigenvalue weighted by atomic mass is 10.2. The minimum Gasteiger partial charge on any atom is -0.383 e. The molecule has 0 radical (unpaired) electrons. The fraction of sp³-hybridized carbons (Fsp3) is 0.250. The summed E-state index contributed by atoms with van der Waals surface area (Å²) in [6.45, 7) is 5.33. The molecular formula is C16H18N6O. The molecule has 0 fully saturated rings. The van der Waals surface area contributed by atoms with Crippen LogP contribution < -0.4 is 10.6 Å². The van der Waals surface area contributed by atoms with Crippen molar-refractivity contribution < 1.29 is 4.52 Å². The van der Waals surface area contributed by atoms with Gasteiger partial charge in [0.25, 0.3) is 5.89 Å². The number of rotatable bonds is 6. The van der Waals surface area contributed by atoms with Crippen molar-refractivity contribution in [3.63, 3.8) is 0 Å². The molecule has 118 valence electrons. The van der Waals surface area contributed by atoms with Gasteiger partial charge in [-0.25, -0.2) is 4.98 Å². The molecule has 0 aliphatic carbocycles. The molecule has 23 heavy (non-hydrogen) atoms. The number of pyridine rings is 2. The third kappa shape index (κ3) is 3.82. The monoisotopic (exact) mass is 310 g/mol. The van der Waals surface area contributed by atoms with E-state index in [1.54, 1.807) is 19.3 Å². The molecule has 0 unspecified atom stereocenters. The molecule has 7 nitrogen and oxygen atoms in total. The van der Waals surface area contributed by atoms with Crippen LogP contribution >= 0.6 is 0 Å². The quantitative estimate of drug-likeness (QED) is 0.677. The molecule has 3 heterocycles. The first-order chi connectivity index (χ1) is 11.2. The van der Waals surface area contributed by atoms with Crippen molar-refractivity contribution >= 4 is 11.5 Å². The van der Waals surface area contributed by atoms with E-state index in [4.69, 9.17) is 4.52 Å². The summed E-state index contributed by atoms with van der Waals surface area (Å²) in [6, 6.07) is 5.70. The van der Waals surface area contributed by atoms with Crippen molar-refractivity contribution in [1.29, 1.82) is 0 Å². The van der Waals surface area contributed by atoms with E-state index in [0.29, 0.717) is 11.7 Å². The molecule has 3 aromatic rings. The number of aromatic nitrogens is 4. The van der Waals surface area contributed by atoms with E-state index in [1.807, 2.05) is 31.3 Å². The smallest absolute Gasteiger partial charge is 0.258 e. The summed E-state index contributed by atoms with van der Waals surface area (Å²) in [5.74, 6) is 1.88. The van der Waals surface area contributed by atoms with Crippen LogP contribution in [-0.2, 0) is 0 Å². The van der Waals surface area contributed by atoms with Crippen LogP contribution in [0, 0.1) is 13.8 Å². The maximum absolute atomic E-state index is 5.17. The third-order valence-corrected chi connectivity index (χ3v) is 3.30. The van der Waals surface area contributed by atoms with Crippen LogP contribution in [0.2, 0.25) is 0 Å². The second-order valence-electron chi connectivity index (χ2n) is 5.12. The van der Waals surface area contributed by atoms with Crippen molar-refractivity contribution in [2.45, 2.75) is 13.8 Å². The zero-order valence-corrected chi connectivity index (χ0v) is 13.1. The van der Waals surface area contributed by atoms with Crippen molar-refractivity contribution in [2.75, 3.05) is 23.7 Å². The van der Waals surface area contributed by atoms with Crippen LogP contribution in [0.4, 0.5) is 11.5 Å². The van der Waals surface area contributed by atoms with Crippen molar-refractivity contribution in [2.24, 2.45) is 0 Å². The molecule has 0 aliphatic heterocycles. The Bertz CT molecular complexity index is 786. The predicted molar refractivity (Wildman–Crippen MR) is 88.2 cm³/mol. The number of nitrogens with zero attached hydrogens (tertiary/aromatic N) is 4. The van der Waals surface area contributed by atoms with Crippen LogP contribution in [-0.4, -0.2) is 33.2 Å². The molecule has 0 bridgehead atoms. The molecular weight excluding hydrogens is 292 g/mol. The highest BCUT2D eigenvalue weighted by Crippen LogP contribution is 2.19. The maximum atomic E-state index is 5.17. The van der Waals surface area contributed by atoms with Crippen molar-refractivity contribution in [3.8, 4) is 11.5 Å². The minimum absolute atomic E-state index is 0.499. The van der Waals surface area contributed by atoms with Gasteiger partial charge in [-0.05, 0) is 37.6 Å². The van der Waals surface area contributed by atoms with E-state index in [9.17, 15) is 0 Å². The van der Waals surface area contributed by atoms with Gasteiger partial charge in [0.05, 0.1) is 0 Å². The van der Waals surface area contributed by atoms with Gasteiger partial charge in [0.15, 0.2) is 5.82 Å². The summed E-state index contributed by atoms with van der Waals surface area (Å²) >= 11 is 0. The normalized spacial score (nSPS) is 10.5. The summed E-state index contributed by atoms with van der Waals surface area (Å²) < 4.78 is 5.17. The van der Waals surface area contributed by atoms with Crippen LogP contribution in [0.3, 0.4) is 0 Å². The second kappa shape index (κ2) is 6.87. The van der Waals surface area contributed by atoms with E-state index in [-0.39, 0.29) is 0 Å². The highest BCUT2D eigenvalue weighted by Gasteiger charge is 2.07. The molecule has 7 heteroatoms. The highest BCUT2D eigenvalue weighted by atomic mass is 16.5. The molecule has 0 atom stereocenters. The van der Waals surface area contributed by atoms with Gasteiger partial charge in [-0.3, -0.25) is 4.98 Å². The van der Waals surface area contributed by atoms with E-state index in [1.165, 1.54) is 0 Å². The zero-order valence-electron chi connectivity index (χ0n) is 13.1. The lowest BCUT2D eigenvalue weighted by Gasteiger charge is -2.10. The summed E-state index contributed by atoms with van der Waals surface area (Å²) in [5.41, 5.74) is 3.06. The standard InChI is InChI=1S/C16H18N6O/c1-11-10-17-5-4-14(11)18-7-8-20-15-9-13(3-6-19-15)16-21-12(2)22-23-16/h3-6,9-10H,7-8H2,1-2H3,(H,17,18)(H,19,20). The number of hydrogen-bond donors (Lipinski definition) is 2. The van der Waals surface area contributed by atoms with Gasteiger partial charge in [-0.1, -0.05) is 5.16 Å². The van der Waals surface area contributed by atoms with Gasteiger partial charge in [0, 0.05) is 42.9 Å². The Hall–Kier alpha value is -2.96. The molecule has 0 aromatic carbocycles. The van der Waals surface area contributed by atoms with E-state index < -0.39 is 0 Å². The minimum atomic E-state index is 0.499. The van der Waals surface area contributed by atoms with Gasteiger partial charge >= 0.3 is 0 Å². The van der Waals surface area contributed by atoms with Crippen LogP contribution in [0.15, 0.2) is 41.3 Å². The molecule has 3 rings (SSSR count). The average Bonchev–Trinajstić information content (AvgIpc) is 3.00. The molecule has 3 aromatic heterocycles. The number of anilines is 2. The van der Waals surface area contributed by atoms with Gasteiger partial charge in [0.2, 0.25) is 0 Å². The topological polar surface area (TPSA) is 88.8 Å². The summed E-state index contributed by atoms with van der Waals surface area (Å²) in [7, 11) is 0. The first-order valence-electron chi connectivity index (χ1n) is 7.37. The number of nitrogens with one attached hydrogen (secondary N) is 2. The zero-order chi connectivity index (χ0) is 16.1. The van der Waals surface area contributed by atoms with Crippen molar-refractivity contribution in [3.05, 3.63) is 48.2 Å². The number of hydrogen-bond acceptors (Lipinski definition) is 7. The Labute approximate surface area is 134 Å². The van der Waals surface area contributed by atoms with E-state index in [0.717, 1.165) is 35.7 Å². The predicted octanol–water partition coefficient (Wildman–Crippen LogP) is 2.67. The molecule has 0 saturated heterocycles. The van der Waals surface area contributed by atoms with Gasteiger partial charge in [-0.2, -0.15) is 4.98 Å². The Balaban J connectivity index is 1.56. The maximum Gasteiger partial charge on any atom is 0.258 e. The average molecular weight is 310 g/mol. The number of aryl methyl sites for hydroxylation is 2. The molecule has 0 aliphatic rings. The largest absolute Gasteiger partial charge is 0.383 e. The summed E-state index contributed by atoms with van der Waals surface area (Å²) in [5, 5.41) is 10.4. The van der Waals surface area contributed by atoms with Gasteiger partial charge < -0.3 is 15.2 Å². The molecule has 0 amide bonds. The lowest BCUT2D eigenvalue weighted by Crippen LogP contribution is -2.14. The Morgan fingerprint density at radius 2 is 1.96 bits per heavy atom. The molecule has 0 spiro atoms. The van der Waals surface area contributed by atoms with Crippen LogP contribution in [0.1, 0.15) is 11.4 Å². The first-order valence-corrected chi connectivity index (χ1v) is 7.37. The second-order valence-corrected chi connectivity index (χ2v) is 5.12. The van der Waals surface area contributed by atoms with Crippen molar-refractivity contribution in [1.82, 2.24) is 20.1 Å². The first kappa shape index (κ1) is 15.0. The van der Waals surface area contributed by atoms with E-state index in [2.05, 4.69) is 30.7 Å².